The highest BCUT2D eigenvalue weighted by Crippen LogP contribution is 2.36. The van der Waals surface area contributed by atoms with E-state index in [4.69, 9.17) is 0 Å². The Morgan fingerprint density at radius 1 is 1.41 bits per heavy atom. The molecule has 0 N–H and O–H groups in total. The standard InChI is InChI=1S/C14H15F3N4O/c1-9-7-10(14(15,16)17)3-6-20(9)13(22)11-8-19-21-5-2-4-18-12(11)21/h2,4-5,8-10H,3,6-7H2,1H3. The van der Waals surface area contributed by atoms with Crippen LogP contribution in [0.1, 0.15) is 30.1 Å². The van der Waals surface area contributed by atoms with Crippen molar-refractivity contribution in [1.29, 1.82) is 0 Å². The number of likely N-dealkylation sites (tertiary alicyclic amines) is 1. The fourth-order valence-electron chi connectivity index (χ4n) is 2.90. The van der Waals surface area contributed by atoms with Crippen LogP contribution in [0.4, 0.5) is 13.2 Å². The van der Waals surface area contributed by atoms with E-state index in [9.17, 15) is 18.0 Å². The average molecular weight is 312 g/mol. The molecule has 0 aromatic carbocycles. The van der Waals surface area contributed by atoms with Crippen LogP contribution in [0.25, 0.3) is 5.65 Å². The molecule has 0 radical (unpaired) electrons. The van der Waals surface area contributed by atoms with Gasteiger partial charge < -0.3 is 4.90 Å². The first-order chi connectivity index (χ1) is 10.4. The summed E-state index contributed by atoms with van der Waals surface area (Å²) < 4.78 is 39.9. The van der Waals surface area contributed by atoms with Crippen molar-refractivity contribution in [2.24, 2.45) is 5.92 Å². The van der Waals surface area contributed by atoms with E-state index < -0.39 is 18.1 Å². The van der Waals surface area contributed by atoms with Crippen LogP contribution >= 0.6 is 0 Å². The maximum Gasteiger partial charge on any atom is 0.391 e. The SMILES string of the molecule is CC1CC(C(F)(F)F)CCN1C(=O)c1cnn2cccnc12. The van der Waals surface area contributed by atoms with Gasteiger partial charge in [0.2, 0.25) is 0 Å². The van der Waals surface area contributed by atoms with Gasteiger partial charge in [0.1, 0.15) is 5.56 Å². The zero-order valence-corrected chi connectivity index (χ0v) is 11.9. The molecular weight excluding hydrogens is 297 g/mol. The van der Waals surface area contributed by atoms with Crippen molar-refractivity contribution in [1.82, 2.24) is 19.5 Å². The Kier molecular flexibility index (Phi) is 3.54. The smallest absolute Gasteiger partial charge is 0.336 e. The highest BCUT2D eigenvalue weighted by Gasteiger charge is 2.44. The highest BCUT2D eigenvalue weighted by atomic mass is 19.4. The summed E-state index contributed by atoms with van der Waals surface area (Å²) in [6.07, 6.45) is 0.294. The third kappa shape index (κ3) is 2.53. The number of carbonyl (C=O) groups is 1. The van der Waals surface area contributed by atoms with Crippen LogP contribution in [0.15, 0.2) is 24.7 Å². The molecule has 1 saturated heterocycles. The summed E-state index contributed by atoms with van der Waals surface area (Å²) in [5.74, 6) is -1.66. The van der Waals surface area contributed by atoms with Crippen molar-refractivity contribution in [3.05, 3.63) is 30.2 Å². The first-order valence-corrected chi connectivity index (χ1v) is 7.04. The Morgan fingerprint density at radius 3 is 2.86 bits per heavy atom. The van der Waals surface area contributed by atoms with Gasteiger partial charge in [0, 0.05) is 25.0 Å². The van der Waals surface area contributed by atoms with Crippen molar-refractivity contribution < 1.29 is 18.0 Å². The first kappa shape index (κ1) is 14.8. The van der Waals surface area contributed by atoms with Gasteiger partial charge in [-0.2, -0.15) is 18.3 Å². The van der Waals surface area contributed by atoms with Gasteiger partial charge in [-0.15, -0.1) is 0 Å². The van der Waals surface area contributed by atoms with Crippen molar-refractivity contribution in [3.63, 3.8) is 0 Å². The predicted octanol–water partition coefficient (Wildman–Crippen LogP) is 2.53. The van der Waals surface area contributed by atoms with Gasteiger partial charge in [0.05, 0.1) is 12.1 Å². The maximum atomic E-state index is 12.8. The summed E-state index contributed by atoms with van der Waals surface area (Å²) in [7, 11) is 0. The Bertz CT molecular complexity index is 697. The maximum absolute atomic E-state index is 12.8. The van der Waals surface area contributed by atoms with E-state index >= 15 is 0 Å². The van der Waals surface area contributed by atoms with Gasteiger partial charge in [0.25, 0.3) is 5.91 Å². The van der Waals surface area contributed by atoms with Crippen LogP contribution in [0.2, 0.25) is 0 Å². The molecule has 3 heterocycles. The lowest BCUT2D eigenvalue weighted by atomic mass is 9.90. The number of hydrogen-bond donors (Lipinski definition) is 0. The molecule has 1 fully saturated rings. The fraction of sp³-hybridized carbons (Fsp3) is 0.500. The van der Waals surface area contributed by atoms with Crippen molar-refractivity contribution in [2.45, 2.75) is 32.0 Å². The molecule has 3 rings (SSSR count). The van der Waals surface area contributed by atoms with E-state index in [1.54, 1.807) is 25.4 Å². The van der Waals surface area contributed by atoms with E-state index in [-0.39, 0.29) is 25.3 Å². The molecular formula is C14H15F3N4O. The van der Waals surface area contributed by atoms with Crippen LogP contribution in [0, 0.1) is 5.92 Å². The number of hydrogen-bond acceptors (Lipinski definition) is 3. The van der Waals surface area contributed by atoms with Gasteiger partial charge in [-0.3, -0.25) is 4.79 Å². The number of alkyl halides is 3. The summed E-state index contributed by atoms with van der Waals surface area (Å²) in [6, 6.07) is 1.22. The summed E-state index contributed by atoms with van der Waals surface area (Å²) in [6.45, 7) is 1.74. The molecule has 0 spiro atoms. The molecule has 2 atom stereocenters. The Morgan fingerprint density at radius 2 is 2.18 bits per heavy atom. The lowest BCUT2D eigenvalue weighted by Gasteiger charge is -2.38. The lowest BCUT2D eigenvalue weighted by Crippen LogP contribution is -2.47. The molecule has 0 aliphatic carbocycles. The number of carbonyl (C=O) groups excluding carboxylic acids is 1. The summed E-state index contributed by atoms with van der Waals surface area (Å²) in [5, 5.41) is 4.04. The van der Waals surface area contributed by atoms with Crippen molar-refractivity contribution >= 4 is 11.6 Å². The zero-order chi connectivity index (χ0) is 15.9. The van der Waals surface area contributed by atoms with E-state index in [0.717, 1.165) is 0 Å². The molecule has 22 heavy (non-hydrogen) atoms. The number of amides is 1. The molecule has 0 saturated carbocycles. The second kappa shape index (κ2) is 5.26. The molecule has 2 aromatic heterocycles. The zero-order valence-electron chi connectivity index (χ0n) is 11.9. The minimum Gasteiger partial charge on any atom is -0.336 e. The fourth-order valence-corrected chi connectivity index (χ4v) is 2.90. The quantitative estimate of drug-likeness (QED) is 0.813. The van der Waals surface area contributed by atoms with E-state index in [1.807, 2.05) is 0 Å². The number of halogens is 3. The van der Waals surface area contributed by atoms with Gasteiger partial charge >= 0.3 is 6.18 Å². The molecule has 5 nitrogen and oxygen atoms in total. The van der Waals surface area contributed by atoms with Crippen molar-refractivity contribution in [2.75, 3.05) is 6.54 Å². The molecule has 2 unspecified atom stereocenters. The molecule has 1 aliphatic heterocycles. The van der Waals surface area contributed by atoms with Crippen LogP contribution < -0.4 is 0 Å². The van der Waals surface area contributed by atoms with E-state index in [0.29, 0.717) is 11.2 Å². The minimum absolute atomic E-state index is 0.0633. The van der Waals surface area contributed by atoms with Crippen LogP contribution in [0.3, 0.4) is 0 Å². The molecule has 1 aliphatic rings. The van der Waals surface area contributed by atoms with Crippen LogP contribution in [-0.2, 0) is 0 Å². The number of rotatable bonds is 1. The lowest BCUT2D eigenvalue weighted by molar-refractivity contribution is -0.187. The Hall–Kier alpha value is -2.12. The highest BCUT2D eigenvalue weighted by molar-refractivity contribution is 5.99. The summed E-state index contributed by atoms with van der Waals surface area (Å²) in [5.41, 5.74) is 0.732. The first-order valence-electron chi connectivity index (χ1n) is 7.04. The monoisotopic (exact) mass is 312 g/mol. The van der Waals surface area contributed by atoms with Gasteiger partial charge in [0.15, 0.2) is 5.65 Å². The normalized spacial score (nSPS) is 23.0. The molecule has 1 amide bonds. The number of piperidine rings is 1. The minimum atomic E-state index is -4.20. The second-order valence-corrected chi connectivity index (χ2v) is 5.56. The van der Waals surface area contributed by atoms with Gasteiger partial charge in [-0.25, -0.2) is 9.50 Å². The molecule has 8 heteroatoms. The van der Waals surface area contributed by atoms with Gasteiger partial charge in [-0.1, -0.05) is 0 Å². The summed E-state index contributed by atoms with van der Waals surface area (Å²) >= 11 is 0. The van der Waals surface area contributed by atoms with E-state index in [2.05, 4.69) is 10.1 Å². The molecule has 0 bridgehead atoms. The number of nitrogens with zero attached hydrogens (tertiary/aromatic N) is 4. The van der Waals surface area contributed by atoms with Crippen LogP contribution in [-0.4, -0.2) is 44.2 Å². The topological polar surface area (TPSA) is 50.5 Å². The Labute approximate surface area is 124 Å². The van der Waals surface area contributed by atoms with Crippen molar-refractivity contribution in [3.8, 4) is 0 Å². The predicted molar refractivity (Wildman–Crippen MR) is 72.3 cm³/mol. The second-order valence-electron chi connectivity index (χ2n) is 5.56. The Balaban J connectivity index is 1.82. The summed E-state index contributed by atoms with van der Waals surface area (Å²) in [4.78, 5) is 18.2. The largest absolute Gasteiger partial charge is 0.391 e. The third-order valence-electron chi connectivity index (χ3n) is 4.11. The number of aromatic nitrogens is 3. The third-order valence-corrected chi connectivity index (χ3v) is 4.11. The van der Waals surface area contributed by atoms with Crippen LogP contribution in [0.5, 0.6) is 0 Å². The molecule has 2 aromatic rings. The van der Waals surface area contributed by atoms with E-state index in [1.165, 1.54) is 15.6 Å². The van der Waals surface area contributed by atoms with Gasteiger partial charge in [-0.05, 0) is 25.8 Å². The number of fused-ring (bicyclic) bond motifs is 1. The average Bonchev–Trinajstić information content (AvgIpc) is 2.89. The molecule has 118 valence electrons.